The van der Waals surface area contributed by atoms with Crippen LogP contribution in [-0.4, -0.2) is 41.1 Å². The van der Waals surface area contributed by atoms with Crippen LogP contribution in [0.1, 0.15) is 46.8 Å². The minimum Gasteiger partial charge on any atom is -0.476 e. The Balaban J connectivity index is 2.10. The number of carboxylic acids is 1. The number of hydrogen-bond donors (Lipinski definition) is 2. The lowest BCUT2D eigenvalue weighted by molar-refractivity contribution is 0.0622. The maximum atomic E-state index is 11.4. The topological polar surface area (TPSA) is 88.5 Å². The zero-order valence-electron chi connectivity index (χ0n) is 11.5. The van der Waals surface area contributed by atoms with Crippen LogP contribution in [0.25, 0.3) is 0 Å². The second-order valence-corrected chi connectivity index (χ2v) is 5.94. The highest BCUT2D eigenvalue weighted by atomic mass is 32.1. The van der Waals surface area contributed by atoms with E-state index in [0.717, 1.165) is 37.4 Å². The van der Waals surface area contributed by atoms with E-state index >= 15 is 0 Å². The highest BCUT2D eigenvalue weighted by Crippen LogP contribution is 2.27. The van der Waals surface area contributed by atoms with Crippen LogP contribution in [0.4, 0.5) is 5.13 Å². The third-order valence-corrected chi connectivity index (χ3v) is 4.56. The van der Waals surface area contributed by atoms with Gasteiger partial charge >= 0.3 is 5.97 Å². The van der Waals surface area contributed by atoms with E-state index < -0.39 is 5.97 Å². The van der Waals surface area contributed by atoms with E-state index in [0.29, 0.717) is 11.0 Å². The van der Waals surface area contributed by atoms with Crippen LogP contribution in [0.15, 0.2) is 0 Å². The Labute approximate surface area is 121 Å². The maximum absolute atomic E-state index is 11.4. The third-order valence-electron chi connectivity index (χ3n) is 3.47. The molecule has 1 aliphatic heterocycles. The Bertz CT molecular complexity index is 477. The molecule has 0 saturated carbocycles. The van der Waals surface area contributed by atoms with E-state index in [2.05, 4.69) is 10.3 Å². The summed E-state index contributed by atoms with van der Waals surface area (Å²) >= 11 is 1.10. The number of rotatable bonds is 5. The third kappa shape index (κ3) is 3.34. The fraction of sp³-hybridized carbons (Fsp3) is 0.615. The summed E-state index contributed by atoms with van der Waals surface area (Å²) in [5.74, 6) is -0.966. The smallest absolute Gasteiger partial charge is 0.356 e. The van der Waals surface area contributed by atoms with Crippen LogP contribution in [0.2, 0.25) is 0 Å². The molecule has 2 N–H and O–H groups in total. The molecule has 1 aliphatic rings. The van der Waals surface area contributed by atoms with Crippen LogP contribution in [0.3, 0.4) is 0 Å². The quantitative estimate of drug-likeness (QED) is 0.811. The number of nitrogens with zero attached hydrogens (tertiary/aromatic N) is 1. The van der Waals surface area contributed by atoms with Crippen molar-refractivity contribution < 1.29 is 19.4 Å². The van der Waals surface area contributed by atoms with Crippen molar-refractivity contribution in [1.82, 2.24) is 4.98 Å². The highest BCUT2D eigenvalue weighted by molar-refractivity contribution is 7.17. The monoisotopic (exact) mass is 298 g/mol. The molecule has 6 nitrogen and oxygen atoms in total. The summed E-state index contributed by atoms with van der Waals surface area (Å²) < 4.78 is 5.32. The summed E-state index contributed by atoms with van der Waals surface area (Å²) in [5.41, 5.74) is -0.163. The number of carboxylic acid groups (broad SMARTS) is 1. The average molecular weight is 298 g/mol. The number of carbonyl (C=O) groups is 2. The molecule has 2 heterocycles. The second-order valence-electron chi connectivity index (χ2n) is 4.94. The van der Waals surface area contributed by atoms with Crippen molar-refractivity contribution in [3.63, 3.8) is 0 Å². The number of hydrogen-bond acceptors (Lipinski definition) is 6. The van der Waals surface area contributed by atoms with Crippen LogP contribution >= 0.6 is 11.3 Å². The summed E-state index contributed by atoms with van der Waals surface area (Å²) in [6.07, 6.45) is 1.95. The number of aromatic carboxylic acids is 1. The lowest BCUT2D eigenvalue weighted by Gasteiger charge is -2.28. The largest absolute Gasteiger partial charge is 0.476 e. The SMILES string of the molecule is CC(=O)c1sc(NC(C)C2CCOCC2)nc1C(=O)O. The van der Waals surface area contributed by atoms with Gasteiger partial charge in [-0.2, -0.15) is 0 Å². The summed E-state index contributed by atoms with van der Waals surface area (Å²) in [4.78, 5) is 26.7. The molecule has 1 fully saturated rings. The molecule has 0 aromatic carbocycles. The van der Waals surface area contributed by atoms with Gasteiger partial charge in [0.2, 0.25) is 0 Å². The molecule has 1 saturated heterocycles. The van der Waals surface area contributed by atoms with Crippen LogP contribution in [0, 0.1) is 5.92 Å². The van der Waals surface area contributed by atoms with Crippen molar-refractivity contribution in [2.75, 3.05) is 18.5 Å². The molecule has 0 amide bonds. The first-order valence-electron chi connectivity index (χ1n) is 6.58. The molecule has 1 aromatic rings. The Morgan fingerprint density at radius 2 is 2.10 bits per heavy atom. The van der Waals surface area contributed by atoms with E-state index in [4.69, 9.17) is 9.84 Å². The van der Waals surface area contributed by atoms with E-state index in [-0.39, 0.29) is 22.4 Å². The summed E-state index contributed by atoms with van der Waals surface area (Å²) in [5, 5.41) is 12.8. The Kier molecular flexibility index (Phi) is 4.72. The first-order valence-corrected chi connectivity index (χ1v) is 7.40. The molecule has 0 spiro atoms. The maximum Gasteiger partial charge on any atom is 0.356 e. The van der Waals surface area contributed by atoms with Crippen molar-refractivity contribution in [2.24, 2.45) is 5.92 Å². The number of nitrogens with one attached hydrogen (secondary N) is 1. The van der Waals surface area contributed by atoms with Crippen LogP contribution < -0.4 is 5.32 Å². The molecule has 1 atom stereocenters. The van der Waals surface area contributed by atoms with Gasteiger partial charge < -0.3 is 15.2 Å². The van der Waals surface area contributed by atoms with E-state index in [1.54, 1.807) is 0 Å². The summed E-state index contributed by atoms with van der Waals surface area (Å²) in [6.45, 7) is 4.91. The number of ketones is 1. The first kappa shape index (κ1) is 14.9. The van der Waals surface area contributed by atoms with Crippen molar-refractivity contribution in [1.29, 1.82) is 0 Å². The van der Waals surface area contributed by atoms with E-state index in [1.807, 2.05) is 6.92 Å². The van der Waals surface area contributed by atoms with Gasteiger partial charge in [0, 0.05) is 26.2 Å². The number of ether oxygens (including phenoxy) is 1. The zero-order valence-corrected chi connectivity index (χ0v) is 12.3. The highest BCUT2D eigenvalue weighted by Gasteiger charge is 2.24. The van der Waals surface area contributed by atoms with Crippen molar-refractivity contribution >= 4 is 28.2 Å². The van der Waals surface area contributed by atoms with Gasteiger partial charge in [-0.05, 0) is 25.7 Å². The van der Waals surface area contributed by atoms with Gasteiger partial charge in [0.25, 0.3) is 0 Å². The molecular weight excluding hydrogens is 280 g/mol. The molecule has 110 valence electrons. The Hall–Kier alpha value is -1.47. The van der Waals surface area contributed by atoms with Gasteiger partial charge in [0.1, 0.15) is 4.88 Å². The van der Waals surface area contributed by atoms with Crippen LogP contribution in [-0.2, 0) is 4.74 Å². The molecule has 1 unspecified atom stereocenters. The molecule has 2 rings (SSSR count). The second kappa shape index (κ2) is 6.32. The van der Waals surface area contributed by atoms with Gasteiger partial charge in [-0.3, -0.25) is 4.79 Å². The number of carbonyl (C=O) groups excluding carboxylic acids is 1. The van der Waals surface area contributed by atoms with Crippen molar-refractivity contribution in [3.05, 3.63) is 10.6 Å². The van der Waals surface area contributed by atoms with Gasteiger partial charge in [-0.1, -0.05) is 11.3 Å². The molecule has 20 heavy (non-hydrogen) atoms. The molecule has 0 aliphatic carbocycles. The van der Waals surface area contributed by atoms with Gasteiger partial charge in [0.05, 0.1) is 0 Å². The minimum absolute atomic E-state index is 0.163. The summed E-state index contributed by atoms with van der Waals surface area (Å²) in [6, 6.07) is 0.173. The number of Topliss-reactive ketones (excluding diaryl/α,β-unsaturated/α-hetero) is 1. The fourth-order valence-corrected chi connectivity index (χ4v) is 3.24. The predicted molar refractivity (Wildman–Crippen MR) is 75.7 cm³/mol. The minimum atomic E-state index is -1.17. The van der Waals surface area contributed by atoms with Gasteiger partial charge in [0.15, 0.2) is 16.6 Å². The lowest BCUT2D eigenvalue weighted by atomic mass is 9.93. The number of anilines is 1. The molecule has 7 heteroatoms. The molecule has 0 radical (unpaired) electrons. The van der Waals surface area contributed by atoms with Gasteiger partial charge in [-0.25, -0.2) is 9.78 Å². The zero-order chi connectivity index (χ0) is 14.7. The lowest BCUT2D eigenvalue weighted by Crippen LogP contribution is -2.30. The molecule has 1 aromatic heterocycles. The Morgan fingerprint density at radius 1 is 1.45 bits per heavy atom. The van der Waals surface area contributed by atoms with E-state index in [9.17, 15) is 9.59 Å². The van der Waals surface area contributed by atoms with Crippen molar-refractivity contribution in [2.45, 2.75) is 32.7 Å². The van der Waals surface area contributed by atoms with Crippen molar-refractivity contribution in [3.8, 4) is 0 Å². The predicted octanol–water partition coefficient (Wildman–Crippen LogP) is 2.27. The molecular formula is C13H18N2O4S. The standard InChI is InChI=1S/C13H18N2O4S/c1-7(9-3-5-19-6-4-9)14-13-15-10(12(17)18)11(20-13)8(2)16/h7,9H,3-6H2,1-2H3,(H,14,15)(H,17,18). The van der Waals surface area contributed by atoms with E-state index in [1.165, 1.54) is 6.92 Å². The number of aromatic nitrogens is 1. The first-order chi connectivity index (χ1) is 9.49. The molecule has 0 bridgehead atoms. The normalized spacial score (nSPS) is 17.7. The average Bonchev–Trinajstić information content (AvgIpc) is 2.84. The van der Waals surface area contributed by atoms with Crippen LogP contribution in [0.5, 0.6) is 0 Å². The summed E-state index contributed by atoms with van der Waals surface area (Å²) in [7, 11) is 0. The number of thiazole rings is 1. The Morgan fingerprint density at radius 3 is 2.60 bits per heavy atom. The fourth-order valence-electron chi connectivity index (χ4n) is 2.29. The van der Waals surface area contributed by atoms with Gasteiger partial charge in [-0.15, -0.1) is 0 Å².